The van der Waals surface area contributed by atoms with Gasteiger partial charge >= 0.3 is 0 Å². The maximum Gasteiger partial charge on any atom is 0.226 e. The van der Waals surface area contributed by atoms with Gasteiger partial charge in [-0.25, -0.2) is 9.97 Å². The van der Waals surface area contributed by atoms with Crippen LogP contribution in [0.4, 0.5) is 5.69 Å². The molecule has 176 valence electrons. The van der Waals surface area contributed by atoms with E-state index in [1.54, 1.807) is 31.0 Å². The van der Waals surface area contributed by atoms with E-state index in [4.69, 9.17) is 4.98 Å². The molecule has 9 nitrogen and oxygen atoms in total. The molecule has 36 heavy (non-hydrogen) atoms. The highest BCUT2D eigenvalue weighted by atomic mass is 16.1. The predicted molar refractivity (Wildman–Crippen MR) is 139 cm³/mol. The number of anilines is 1. The number of hydrogen-bond donors (Lipinski definition) is 3. The first-order chi connectivity index (χ1) is 17.6. The smallest absolute Gasteiger partial charge is 0.226 e. The van der Waals surface area contributed by atoms with Gasteiger partial charge in [0.1, 0.15) is 16.9 Å². The second-order valence-electron chi connectivity index (χ2n) is 8.81. The first kappa shape index (κ1) is 21.6. The molecule has 6 aromatic rings. The minimum absolute atomic E-state index is 0.0620. The van der Waals surface area contributed by atoms with Gasteiger partial charge in [-0.05, 0) is 53.6 Å². The highest BCUT2D eigenvalue weighted by Crippen LogP contribution is 2.33. The number of aromatic amines is 2. The maximum atomic E-state index is 12.1. The third kappa shape index (κ3) is 3.86. The van der Waals surface area contributed by atoms with Crippen LogP contribution in [-0.2, 0) is 4.79 Å². The predicted octanol–water partition coefficient (Wildman–Crippen LogP) is 5.22. The second kappa shape index (κ2) is 8.70. The van der Waals surface area contributed by atoms with Crippen molar-refractivity contribution < 1.29 is 4.79 Å². The van der Waals surface area contributed by atoms with E-state index in [2.05, 4.69) is 35.5 Å². The van der Waals surface area contributed by atoms with Gasteiger partial charge in [0.25, 0.3) is 0 Å². The highest BCUT2D eigenvalue weighted by molar-refractivity contribution is 5.99. The van der Waals surface area contributed by atoms with Crippen LogP contribution >= 0.6 is 0 Å². The molecule has 9 heteroatoms. The van der Waals surface area contributed by atoms with Gasteiger partial charge in [-0.3, -0.25) is 19.9 Å². The molecule has 0 saturated carbocycles. The number of pyridine rings is 4. The van der Waals surface area contributed by atoms with Crippen LogP contribution in [0.15, 0.2) is 73.4 Å². The summed E-state index contributed by atoms with van der Waals surface area (Å²) < 4.78 is 0. The number of amides is 1. The fourth-order valence-corrected chi connectivity index (χ4v) is 4.12. The number of nitrogens with one attached hydrogen (secondary N) is 3. The van der Waals surface area contributed by atoms with Crippen LogP contribution in [0.2, 0.25) is 0 Å². The third-order valence-corrected chi connectivity index (χ3v) is 6.01. The summed E-state index contributed by atoms with van der Waals surface area (Å²) >= 11 is 0. The quantitative estimate of drug-likeness (QED) is 0.315. The molecule has 6 heterocycles. The Morgan fingerprint density at radius 1 is 0.944 bits per heavy atom. The minimum Gasteiger partial charge on any atom is -0.338 e. The van der Waals surface area contributed by atoms with Crippen LogP contribution in [0, 0.1) is 5.92 Å². The first-order valence-corrected chi connectivity index (χ1v) is 11.6. The number of hydrogen-bond acceptors (Lipinski definition) is 6. The number of H-pyrrole nitrogens is 2. The average molecular weight is 475 g/mol. The lowest BCUT2D eigenvalue weighted by molar-refractivity contribution is -0.118. The zero-order chi connectivity index (χ0) is 24.6. The molecule has 3 N–H and O–H groups in total. The molecule has 0 radical (unpaired) electrons. The van der Waals surface area contributed by atoms with Crippen molar-refractivity contribution in [2.75, 3.05) is 5.32 Å². The van der Waals surface area contributed by atoms with E-state index in [1.165, 1.54) is 0 Å². The fourth-order valence-electron chi connectivity index (χ4n) is 4.12. The summed E-state index contributed by atoms with van der Waals surface area (Å²) in [6, 6.07) is 13.7. The molecule has 6 aromatic heterocycles. The second-order valence-corrected chi connectivity index (χ2v) is 8.81. The van der Waals surface area contributed by atoms with Gasteiger partial charge in [0.05, 0.1) is 28.8 Å². The van der Waals surface area contributed by atoms with Gasteiger partial charge in [0.15, 0.2) is 0 Å². The van der Waals surface area contributed by atoms with Gasteiger partial charge < -0.3 is 10.3 Å². The van der Waals surface area contributed by atoms with Gasteiger partial charge in [-0.2, -0.15) is 5.10 Å². The zero-order valence-corrected chi connectivity index (χ0v) is 19.6. The van der Waals surface area contributed by atoms with Crippen molar-refractivity contribution in [2.24, 2.45) is 5.92 Å². The molecular weight excluding hydrogens is 452 g/mol. The maximum absolute atomic E-state index is 12.1. The molecule has 0 aliphatic rings. The Morgan fingerprint density at radius 2 is 1.81 bits per heavy atom. The Kier molecular flexibility index (Phi) is 5.22. The Bertz CT molecular complexity index is 1720. The number of rotatable bonds is 5. The van der Waals surface area contributed by atoms with E-state index in [0.717, 1.165) is 50.1 Å². The summed E-state index contributed by atoms with van der Waals surface area (Å²) in [5, 5.41) is 11.5. The lowest BCUT2D eigenvalue weighted by atomic mass is 10.1. The van der Waals surface area contributed by atoms with Crippen LogP contribution in [-0.4, -0.2) is 41.0 Å². The lowest BCUT2D eigenvalue weighted by Gasteiger charge is -2.08. The topological polar surface area (TPSA) is 125 Å². The Labute approximate surface area is 206 Å². The average Bonchev–Trinajstić information content (AvgIpc) is 3.53. The van der Waals surface area contributed by atoms with Gasteiger partial charge in [0, 0.05) is 41.7 Å². The van der Waals surface area contributed by atoms with Gasteiger partial charge in [0.2, 0.25) is 5.91 Å². The summed E-state index contributed by atoms with van der Waals surface area (Å²) in [5.74, 6) is -0.186. The molecule has 0 atom stereocenters. The first-order valence-electron chi connectivity index (χ1n) is 11.6. The normalized spacial score (nSPS) is 11.4. The van der Waals surface area contributed by atoms with Gasteiger partial charge in [-0.15, -0.1) is 0 Å². The highest BCUT2D eigenvalue weighted by Gasteiger charge is 2.16. The fraction of sp³-hybridized carbons (Fsp3) is 0.111. The monoisotopic (exact) mass is 474 g/mol. The molecule has 0 saturated heterocycles. The van der Waals surface area contributed by atoms with Crippen molar-refractivity contribution >= 4 is 33.7 Å². The molecule has 0 fully saturated rings. The van der Waals surface area contributed by atoms with Crippen molar-refractivity contribution in [3.63, 3.8) is 0 Å². The number of carbonyl (C=O) groups is 1. The number of aromatic nitrogens is 7. The molecule has 0 aliphatic heterocycles. The van der Waals surface area contributed by atoms with Crippen molar-refractivity contribution in [3.05, 3.63) is 73.4 Å². The molecule has 0 unspecified atom stereocenters. The van der Waals surface area contributed by atoms with E-state index < -0.39 is 0 Å². The zero-order valence-electron chi connectivity index (χ0n) is 19.6. The van der Waals surface area contributed by atoms with E-state index in [9.17, 15) is 4.79 Å². The molecule has 0 aromatic carbocycles. The van der Waals surface area contributed by atoms with Crippen LogP contribution in [0.5, 0.6) is 0 Å². The molecule has 0 aliphatic carbocycles. The summed E-state index contributed by atoms with van der Waals surface area (Å²) in [4.78, 5) is 33.3. The standard InChI is InChI=1S/C27H22N8O/c1-15(2)27(36)31-18-11-17(13-29-14-18)21-3-4-22-24(32-21)25(35-34-22)23-12-20-19(7-10-30-26(20)33-23)16-5-8-28-9-6-16/h3-15H,1-2H3,(H,30,33)(H,31,36)(H,34,35). The van der Waals surface area contributed by atoms with Crippen molar-refractivity contribution in [1.82, 2.24) is 35.1 Å². The molecule has 6 rings (SSSR count). The van der Waals surface area contributed by atoms with Crippen LogP contribution in [0.3, 0.4) is 0 Å². The largest absolute Gasteiger partial charge is 0.338 e. The Balaban J connectivity index is 1.41. The molecule has 1 amide bonds. The third-order valence-electron chi connectivity index (χ3n) is 6.01. The van der Waals surface area contributed by atoms with E-state index in [-0.39, 0.29) is 11.8 Å². The van der Waals surface area contributed by atoms with E-state index in [0.29, 0.717) is 11.4 Å². The minimum atomic E-state index is -0.124. The summed E-state index contributed by atoms with van der Waals surface area (Å²) in [6.07, 6.45) is 8.70. The Hall–Kier alpha value is -4.92. The van der Waals surface area contributed by atoms with Crippen molar-refractivity contribution in [1.29, 1.82) is 0 Å². The van der Waals surface area contributed by atoms with Crippen LogP contribution in [0.1, 0.15) is 13.8 Å². The molecule has 0 spiro atoms. The number of nitrogens with zero attached hydrogens (tertiary/aromatic N) is 5. The van der Waals surface area contributed by atoms with E-state index in [1.807, 2.05) is 56.3 Å². The Morgan fingerprint density at radius 3 is 2.64 bits per heavy atom. The van der Waals surface area contributed by atoms with E-state index >= 15 is 0 Å². The molecular formula is C27H22N8O. The van der Waals surface area contributed by atoms with Crippen molar-refractivity contribution in [3.8, 4) is 33.8 Å². The molecule has 0 bridgehead atoms. The number of fused-ring (bicyclic) bond motifs is 2. The summed E-state index contributed by atoms with van der Waals surface area (Å²) in [5.41, 5.74) is 8.09. The summed E-state index contributed by atoms with van der Waals surface area (Å²) in [6.45, 7) is 3.70. The number of carbonyl (C=O) groups excluding carboxylic acids is 1. The summed E-state index contributed by atoms with van der Waals surface area (Å²) in [7, 11) is 0. The lowest BCUT2D eigenvalue weighted by Crippen LogP contribution is -2.17. The van der Waals surface area contributed by atoms with Gasteiger partial charge in [-0.1, -0.05) is 13.8 Å². The van der Waals surface area contributed by atoms with Crippen molar-refractivity contribution in [2.45, 2.75) is 13.8 Å². The van der Waals surface area contributed by atoms with Crippen LogP contribution < -0.4 is 5.32 Å². The SMILES string of the molecule is CC(C)C(=O)Nc1cncc(-c2ccc3[nH]nc(-c4cc5c(-c6ccncc6)ccnc5[nH]4)c3n2)c1. The van der Waals surface area contributed by atoms with Crippen LogP contribution in [0.25, 0.3) is 55.8 Å².